The van der Waals surface area contributed by atoms with E-state index in [0.29, 0.717) is 5.56 Å². The lowest BCUT2D eigenvalue weighted by atomic mass is 10.1. The van der Waals surface area contributed by atoms with Gasteiger partial charge in [-0.15, -0.1) is 0 Å². The molecule has 0 spiro atoms. The third-order valence-electron chi connectivity index (χ3n) is 3.63. The van der Waals surface area contributed by atoms with Crippen LogP contribution in [0.25, 0.3) is 10.9 Å². The Bertz CT molecular complexity index is 714. The van der Waals surface area contributed by atoms with Crippen LogP contribution in [-0.4, -0.2) is 34.0 Å². The van der Waals surface area contributed by atoms with Gasteiger partial charge in [-0.3, -0.25) is 19.3 Å². The third-order valence-corrected chi connectivity index (χ3v) is 3.63. The average molecular weight is 270 g/mol. The molecule has 1 aromatic carbocycles. The van der Waals surface area contributed by atoms with Crippen molar-refractivity contribution in [1.82, 2.24) is 9.88 Å². The number of aromatic nitrogens is 1. The lowest BCUT2D eigenvalue weighted by Gasteiger charge is -2.12. The summed E-state index contributed by atoms with van der Waals surface area (Å²) in [5, 5.41) is 0.828. The van der Waals surface area contributed by atoms with Crippen LogP contribution in [0.2, 0.25) is 0 Å². The number of fused-ring (bicyclic) bond motifs is 1. The number of ketones is 1. The van der Waals surface area contributed by atoms with E-state index in [9.17, 15) is 14.4 Å². The lowest BCUT2D eigenvalue weighted by Crippen LogP contribution is -2.34. The number of likely N-dealkylation sites (tertiary alicyclic amines) is 1. The number of carbonyl (C=O) groups is 3. The highest BCUT2D eigenvalue weighted by molar-refractivity contribution is 6.13. The standard InChI is InChI=1S/C15H14N2O3/c1-9-15(10-4-2-3-5-11(10)16-9)12(18)8-17-13(19)6-7-14(17)20/h2-5,16H,6-8H2,1H3. The maximum absolute atomic E-state index is 12.4. The second-order valence-corrected chi connectivity index (χ2v) is 4.97. The van der Waals surface area contributed by atoms with Crippen LogP contribution < -0.4 is 0 Å². The number of amides is 2. The van der Waals surface area contributed by atoms with Crippen molar-refractivity contribution in [3.05, 3.63) is 35.5 Å². The van der Waals surface area contributed by atoms with Gasteiger partial charge in [-0.1, -0.05) is 18.2 Å². The Morgan fingerprint density at radius 1 is 1.20 bits per heavy atom. The number of Topliss-reactive ketones (excluding diaryl/α,β-unsaturated/α-hetero) is 1. The highest BCUT2D eigenvalue weighted by Gasteiger charge is 2.31. The number of hydrogen-bond donors (Lipinski definition) is 1. The quantitative estimate of drug-likeness (QED) is 0.683. The minimum atomic E-state index is -0.263. The molecule has 1 N–H and O–H groups in total. The van der Waals surface area contributed by atoms with Crippen LogP contribution in [0.3, 0.4) is 0 Å². The number of rotatable bonds is 3. The number of nitrogens with zero attached hydrogens (tertiary/aromatic N) is 1. The Morgan fingerprint density at radius 3 is 2.55 bits per heavy atom. The van der Waals surface area contributed by atoms with Crippen molar-refractivity contribution < 1.29 is 14.4 Å². The predicted molar refractivity (Wildman–Crippen MR) is 73.3 cm³/mol. The largest absolute Gasteiger partial charge is 0.358 e. The number of aryl methyl sites for hydroxylation is 1. The average Bonchev–Trinajstić information content (AvgIpc) is 2.91. The van der Waals surface area contributed by atoms with Crippen LogP contribution in [0, 0.1) is 6.92 Å². The molecule has 3 rings (SSSR count). The first-order valence-electron chi connectivity index (χ1n) is 6.51. The molecule has 0 atom stereocenters. The molecule has 0 bridgehead atoms. The van der Waals surface area contributed by atoms with Crippen LogP contribution >= 0.6 is 0 Å². The van der Waals surface area contributed by atoms with Crippen LogP contribution in [0.1, 0.15) is 28.9 Å². The molecular weight excluding hydrogens is 256 g/mol. The summed E-state index contributed by atoms with van der Waals surface area (Å²) in [4.78, 5) is 39.8. The number of H-pyrrole nitrogens is 1. The zero-order chi connectivity index (χ0) is 14.3. The summed E-state index contributed by atoms with van der Waals surface area (Å²) >= 11 is 0. The monoisotopic (exact) mass is 270 g/mol. The van der Waals surface area contributed by atoms with Gasteiger partial charge in [-0.05, 0) is 13.0 Å². The molecule has 0 saturated carbocycles. The van der Waals surface area contributed by atoms with Gasteiger partial charge in [0.25, 0.3) is 0 Å². The van der Waals surface area contributed by atoms with E-state index in [-0.39, 0.29) is 37.0 Å². The Hall–Kier alpha value is -2.43. The Morgan fingerprint density at radius 2 is 1.85 bits per heavy atom. The second-order valence-electron chi connectivity index (χ2n) is 4.97. The fraction of sp³-hybridized carbons (Fsp3) is 0.267. The van der Waals surface area contributed by atoms with E-state index >= 15 is 0 Å². The van der Waals surface area contributed by atoms with Gasteiger partial charge in [0.05, 0.1) is 6.54 Å². The Labute approximate surface area is 115 Å². The molecule has 5 nitrogen and oxygen atoms in total. The van der Waals surface area contributed by atoms with Gasteiger partial charge in [0.1, 0.15) is 0 Å². The molecule has 1 aliphatic rings. The van der Waals surface area contributed by atoms with Gasteiger partial charge >= 0.3 is 0 Å². The minimum Gasteiger partial charge on any atom is -0.358 e. The smallest absolute Gasteiger partial charge is 0.230 e. The fourth-order valence-corrected chi connectivity index (χ4v) is 2.66. The molecule has 1 fully saturated rings. The third kappa shape index (κ3) is 1.91. The summed E-state index contributed by atoms with van der Waals surface area (Å²) in [5.74, 6) is -0.731. The van der Waals surface area contributed by atoms with Gasteiger partial charge in [0.2, 0.25) is 11.8 Å². The predicted octanol–water partition coefficient (Wildman–Crippen LogP) is 1.81. The molecule has 2 aromatic rings. The normalized spacial score (nSPS) is 15.3. The number of benzene rings is 1. The molecular formula is C15H14N2O3. The molecule has 1 aliphatic heterocycles. The Balaban J connectivity index is 1.95. The first-order valence-corrected chi connectivity index (χ1v) is 6.51. The fourth-order valence-electron chi connectivity index (χ4n) is 2.66. The van der Waals surface area contributed by atoms with Crippen LogP contribution in [-0.2, 0) is 9.59 Å². The molecule has 0 aliphatic carbocycles. The van der Waals surface area contributed by atoms with E-state index in [1.54, 1.807) is 0 Å². The molecule has 20 heavy (non-hydrogen) atoms. The topological polar surface area (TPSA) is 70.2 Å². The first-order chi connectivity index (χ1) is 9.58. The van der Waals surface area contributed by atoms with Crippen molar-refractivity contribution in [3.8, 4) is 0 Å². The highest BCUT2D eigenvalue weighted by atomic mass is 16.2. The van der Waals surface area contributed by atoms with E-state index in [1.807, 2.05) is 31.2 Å². The van der Waals surface area contributed by atoms with E-state index in [0.717, 1.165) is 21.5 Å². The second kappa shape index (κ2) is 4.59. The molecule has 5 heteroatoms. The summed E-state index contributed by atoms with van der Waals surface area (Å²) < 4.78 is 0. The van der Waals surface area contributed by atoms with Crippen LogP contribution in [0.5, 0.6) is 0 Å². The number of carbonyl (C=O) groups excluding carboxylic acids is 3. The number of aromatic amines is 1. The molecule has 0 radical (unpaired) electrons. The van der Waals surface area contributed by atoms with Gasteiger partial charge in [-0.25, -0.2) is 0 Å². The summed E-state index contributed by atoms with van der Waals surface area (Å²) in [6, 6.07) is 7.50. The lowest BCUT2D eigenvalue weighted by molar-refractivity contribution is -0.137. The summed E-state index contributed by atoms with van der Waals surface area (Å²) in [7, 11) is 0. The van der Waals surface area contributed by atoms with Crippen molar-refractivity contribution in [2.24, 2.45) is 0 Å². The Kier molecular flexibility index (Phi) is 2.89. The number of hydrogen-bond acceptors (Lipinski definition) is 3. The van der Waals surface area contributed by atoms with Crippen molar-refractivity contribution in [3.63, 3.8) is 0 Å². The SMILES string of the molecule is Cc1[nH]c2ccccc2c1C(=O)CN1C(=O)CCC1=O. The number of nitrogens with one attached hydrogen (secondary N) is 1. The zero-order valence-corrected chi connectivity index (χ0v) is 11.1. The van der Waals surface area contributed by atoms with E-state index < -0.39 is 0 Å². The number of imide groups is 1. The van der Waals surface area contributed by atoms with Crippen LogP contribution in [0.4, 0.5) is 0 Å². The van der Waals surface area contributed by atoms with Crippen molar-refractivity contribution in [1.29, 1.82) is 0 Å². The van der Waals surface area contributed by atoms with Crippen molar-refractivity contribution in [2.75, 3.05) is 6.54 Å². The van der Waals surface area contributed by atoms with Gasteiger partial charge in [0, 0.05) is 35.0 Å². The molecule has 1 aromatic heterocycles. The zero-order valence-electron chi connectivity index (χ0n) is 11.1. The van der Waals surface area contributed by atoms with Gasteiger partial charge in [0.15, 0.2) is 5.78 Å². The van der Waals surface area contributed by atoms with Gasteiger partial charge in [-0.2, -0.15) is 0 Å². The summed E-state index contributed by atoms with van der Waals surface area (Å²) in [5.41, 5.74) is 2.20. The first kappa shape index (κ1) is 12.6. The van der Waals surface area contributed by atoms with E-state index in [1.165, 1.54) is 0 Å². The molecule has 0 unspecified atom stereocenters. The van der Waals surface area contributed by atoms with E-state index in [2.05, 4.69) is 4.98 Å². The molecule has 2 heterocycles. The van der Waals surface area contributed by atoms with Gasteiger partial charge < -0.3 is 4.98 Å². The minimum absolute atomic E-state index is 0.166. The van der Waals surface area contributed by atoms with E-state index in [4.69, 9.17) is 0 Å². The van der Waals surface area contributed by atoms with Crippen molar-refractivity contribution in [2.45, 2.75) is 19.8 Å². The maximum Gasteiger partial charge on any atom is 0.230 e. The molecule has 2 amide bonds. The maximum atomic E-state index is 12.4. The summed E-state index contributed by atoms with van der Waals surface area (Å²) in [6.07, 6.45) is 0.415. The van der Waals surface area contributed by atoms with Crippen molar-refractivity contribution >= 4 is 28.5 Å². The molecule has 1 saturated heterocycles. The summed E-state index contributed by atoms with van der Waals surface area (Å²) in [6.45, 7) is 1.65. The van der Waals surface area contributed by atoms with Crippen LogP contribution in [0.15, 0.2) is 24.3 Å². The number of para-hydroxylation sites is 1. The molecule has 102 valence electrons. The highest BCUT2D eigenvalue weighted by Crippen LogP contribution is 2.23.